The summed E-state index contributed by atoms with van der Waals surface area (Å²) in [7, 11) is -0.742. The predicted octanol–water partition coefficient (Wildman–Crippen LogP) is 4.25. The third kappa shape index (κ3) is 5.38. The molecule has 0 spiro atoms. The van der Waals surface area contributed by atoms with Crippen molar-refractivity contribution in [3.05, 3.63) is 29.8 Å². The number of ether oxygens (including phenoxy) is 2. The largest absolute Gasteiger partial charge is 0.573 e. The van der Waals surface area contributed by atoms with Crippen LogP contribution in [-0.4, -0.2) is 37.3 Å². The van der Waals surface area contributed by atoms with E-state index >= 15 is 0 Å². The van der Waals surface area contributed by atoms with Crippen LogP contribution in [0.15, 0.2) is 24.3 Å². The average molecular weight is 388 g/mol. The standard InChI is InChI=1S/C18H24BF3O5/c1-6-24-15(23)11-14(19-26-16(2,3)17(4,5)27-19)12-7-9-13(10-8-12)25-18(20,21)22/h7-10,14H,6,11H2,1-5H3. The van der Waals surface area contributed by atoms with E-state index in [0.29, 0.717) is 5.56 Å². The van der Waals surface area contributed by atoms with Gasteiger partial charge in [-0.1, -0.05) is 12.1 Å². The number of benzene rings is 1. The smallest absolute Gasteiger partial charge is 0.466 e. The van der Waals surface area contributed by atoms with Crippen molar-refractivity contribution < 1.29 is 36.7 Å². The maximum Gasteiger partial charge on any atom is 0.573 e. The third-order valence-electron chi connectivity index (χ3n) is 4.83. The number of alkyl halides is 3. The van der Waals surface area contributed by atoms with E-state index < -0.39 is 36.5 Å². The Kier molecular flexibility index (Phi) is 6.16. The monoisotopic (exact) mass is 388 g/mol. The van der Waals surface area contributed by atoms with Gasteiger partial charge in [-0.05, 0) is 52.3 Å². The van der Waals surface area contributed by atoms with Gasteiger partial charge in [0.05, 0.1) is 24.2 Å². The van der Waals surface area contributed by atoms with Crippen LogP contribution in [0, 0.1) is 0 Å². The highest BCUT2D eigenvalue weighted by molar-refractivity contribution is 6.48. The second-order valence-electron chi connectivity index (χ2n) is 7.36. The summed E-state index contributed by atoms with van der Waals surface area (Å²) in [5, 5.41) is 0. The molecule has 1 aromatic rings. The molecule has 0 amide bonds. The highest BCUT2D eigenvalue weighted by Crippen LogP contribution is 2.42. The van der Waals surface area contributed by atoms with Crippen molar-refractivity contribution in [1.29, 1.82) is 0 Å². The van der Waals surface area contributed by atoms with Crippen LogP contribution in [0.25, 0.3) is 0 Å². The molecular weight excluding hydrogens is 364 g/mol. The molecule has 0 N–H and O–H groups in total. The zero-order chi connectivity index (χ0) is 20.5. The third-order valence-corrected chi connectivity index (χ3v) is 4.83. The van der Waals surface area contributed by atoms with E-state index in [-0.39, 0.29) is 18.8 Å². The Morgan fingerprint density at radius 3 is 2.07 bits per heavy atom. The molecule has 5 nitrogen and oxygen atoms in total. The lowest BCUT2D eigenvalue weighted by Gasteiger charge is -2.32. The van der Waals surface area contributed by atoms with E-state index in [1.807, 2.05) is 27.7 Å². The second-order valence-corrected chi connectivity index (χ2v) is 7.36. The zero-order valence-electron chi connectivity index (χ0n) is 16.1. The van der Waals surface area contributed by atoms with Gasteiger partial charge in [0.15, 0.2) is 0 Å². The Hall–Kier alpha value is -1.74. The van der Waals surface area contributed by atoms with Crippen molar-refractivity contribution in [3.63, 3.8) is 0 Å². The minimum absolute atomic E-state index is 0.0237. The van der Waals surface area contributed by atoms with Crippen molar-refractivity contribution in [2.75, 3.05) is 6.61 Å². The second kappa shape index (κ2) is 7.71. The van der Waals surface area contributed by atoms with Gasteiger partial charge in [-0.2, -0.15) is 0 Å². The van der Waals surface area contributed by atoms with Gasteiger partial charge in [-0.3, -0.25) is 4.79 Å². The van der Waals surface area contributed by atoms with Gasteiger partial charge in [-0.25, -0.2) is 0 Å². The molecule has 0 radical (unpaired) electrons. The van der Waals surface area contributed by atoms with Gasteiger partial charge >= 0.3 is 19.5 Å². The van der Waals surface area contributed by atoms with Gasteiger partial charge in [-0.15, -0.1) is 13.2 Å². The molecule has 0 aliphatic carbocycles. The molecule has 150 valence electrons. The lowest BCUT2D eigenvalue weighted by atomic mass is 9.66. The molecule has 0 bridgehead atoms. The number of carbonyl (C=O) groups is 1. The topological polar surface area (TPSA) is 54.0 Å². The van der Waals surface area contributed by atoms with Crippen molar-refractivity contribution in [3.8, 4) is 5.75 Å². The molecule has 1 heterocycles. The summed E-state index contributed by atoms with van der Waals surface area (Å²) in [6.07, 6.45) is -4.79. The molecule has 9 heteroatoms. The first kappa shape index (κ1) is 21.6. The number of carbonyl (C=O) groups excluding carboxylic acids is 1. The van der Waals surface area contributed by atoms with Crippen molar-refractivity contribution in [2.24, 2.45) is 0 Å². The van der Waals surface area contributed by atoms with Crippen LogP contribution in [0.3, 0.4) is 0 Å². The number of hydrogen-bond acceptors (Lipinski definition) is 5. The first-order chi connectivity index (χ1) is 12.3. The summed E-state index contributed by atoms with van der Waals surface area (Å²) in [6.45, 7) is 9.46. The molecule has 1 aliphatic rings. The summed E-state index contributed by atoms with van der Waals surface area (Å²) in [4.78, 5) is 12.1. The van der Waals surface area contributed by atoms with Crippen molar-refractivity contribution in [1.82, 2.24) is 0 Å². The fourth-order valence-corrected chi connectivity index (χ4v) is 2.74. The number of halogens is 3. The Bertz CT molecular complexity index is 642. The van der Waals surface area contributed by atoms with Gasteiger partial charge in [0.1, 0.15) is 5.75 Å². The predicted molar refractivity (Wildman–Crippen MR) is 93.2 cm³/mol. The number of hydrogen-bond donors (Lipinski definition) is 0. The van der Waals surface area contributed by atoms with E-state index in [4.69, 9.17) is 14.0 Å². The van der Waals surface area contributed by atoms with Crippen molar-refractivity contribution >= 4 is 13.1 Å². The highest BCUT2D eigenvalue weighted by Gasteiger charge is 2.54. The Morgan fingerprint density at radius 2 is 1.63 bits per heavy atom. The molecule has 27 heavy (non-hydrogen) atoms. The zero-order valence-corrected chi connectivity index (χ0v) is 16.1. The number of rotatable bonds is 6. The Labute approximate surface area is 157 Å². The van der Waals surface area contributed by atoms with E-state index in [0.717, 1.165) is 0 Å². The fourth-order valence-electron chi connectivity index (χ4n) is 2.74. The van der Waals surface area contributed by atoms with Gasteiger partial charge in [0, 0.05) is 5.82 Å². The molecular formula is C18H24BF3O5. The van der Waals surface area contributed by atoms with Crippen LogP contribution in [0.2, 0.25) is 0 Å². The van der Waals surface area contributed by atoms with Crippen LogP contribution in [0.4, 0.5) is 13.2 Å². The lowest BCUT2D eigenvalue weighted by molar-refractivity contribution is -0.274. The maximum absolute atomic E-state index is 12.4. The first-order valence-corrected chi connectivity index (χ1v) is 8.71. The number of esters is 1. The molecule has 1 unspecified atom stereocenters. The molecule has 1 fully saturated rings. The highest BCUT2D eigenvalue weighted by atomic mass is 19.4. The van der Waals surface area contributed by atoms with Crippen LogP contribution >= 0.6 is 0 Å². The summed E-state index contributed by atoms with van der Waals surface area (Å²) in [6, 6.07) is 5.34. The molecule has 0 aromatic heterocycles. The van der Waals surface area contributed by atoms with Gasteiger partial charge in [0.2, 0.25) is 0 Å². The molecule has 0 saturated carbocycles. The summed E-state index contributed by atoms with van der Waals surface area (Å²) >= 11 is 0. The maximum atomic E-state index is 12.4. The molecule has 2 rings (SSSR count). The average Bonchev–Trinajstić information content (AvgIpc) is 2.72. The van der Waals surface area contributed by atoms with E-state index in [9.17, 15) is 18.0 Å². The van der Waals surface area contributed by atoms with Gasteiger partial charge in [0.25, 0.3) is 0 Å². The molecule has 1 aromatic carbocycles. The van der Waals surface area contributed by atoms with E-state index in [1.54, 1.807) is 6.92 Å². The molecule has 1 atom stereocenters. The molecule has 1 saturated heterocycles. The Balaban J connectivity index is 2.26. The van der Waals surface area contributed by atoms with Crippen molar-refractivity contribution in [2.45, 2.75) is 64.4 Å². The summed E-state index contributed by atoms with van der Waals surface area (Å²) in [5.74, 6) is -1.31. The van der Waals surface area contributed by atoms with E-state index in [1.165, 1.54) is 24.3 Å². The fraction of sp³-hybridized carbons (Fsp3) is 0.611. The Morgan fingerprint density at radius 1 is 1.11 bits per heavy atom. The van der Waals surface area contributed by atoms with Crippen LogP contribution in [0.1, 0.15) is 52.4 Å². The minimum Gasteiger partial charge on any atom is -0.466 e. The lowest BCUT2D eigenvalue weighted by Crippen LogP contribution is -2.41. The first-order valence-electron chi connectivity index (χ1n) is 8.71. The quantitative estimate of drug-likeness (QED) is 0.539. The summed E-state index contributed by atoms with van der Waals surface area (Å²) in [5.41, 5.74) is -0.621. The normalized spacial score (nSPS) is 19.6. The minimum atomic E-state index is -4.77. The van der Waals surface area contributed by atoms with Gasteiger partial charge < -0.3 is 18.8 Å². The van der Waals surface area contributed by atoms with Crippen LogP contribution in [-0.2, 0) is 18.8 Å². The van der Waals surface area contributed by atoms with E-state index in [2.05, 4.69) is 4.74 Å². The van der Waals surface area contributed by atoms with Crippen LogP contribution < -0.4 is 4.74 Å². The molecule has 1 aliphatic heterocycles. The summed E-state index contributed by atoms with van der Waals surface area (Å²) < 4.78 is 58.0. The van der Waals surface area contributed by atoms with Crippen LogP contribution in [0.5, 0.6) is 5.75 Å². The SMILES string of the molecule is CCOC(=O)CC(B1OC(C)(C)C(C)(C)O1)c1ccc(OC(F)(F)F)cc1.